The fraction of sp³-hybridized carbons (Fsp3) is 0.364. The summed E-state index contributed by atoms with van der Waals surface area (Å²) in [6.45, 7) is 2.70. The van der Waals surface area contributed by atoms with Gasteiger partial charge in [0.2, 0.25) is 0 Å². The van der Waals surface area contributed by atoms with Gasteiger partial charge in [0.1, 0.15) is 11.6 Å². The number of hydrogen-bond donors (Lipinski definition) is 3. The zero-order valence-corrected chi connectivity index (χ0v) is 11.6. The maximum absolute atomic E-state index is 9.33. The van der Waals surface area contributed by atoms with Gasteiger partial charge in [-0.1, -0.05) is 19.1 Å². The number of nitrogens with two attached hydrogens (primary N) is 1. The number of nitrogen functional groups attached to an aromatic ring is 1. The molecule has 0 saturated heterocycles. The summed E-state index contributed by atoms with van der Waals surface area (Å²) in [6, 6.07) is 7.33. The van der Waals surface area contributed by atoms with Gasteiger partial charge in [0, 0.05) is 0 Å². The molecule has 0 amide bonds. The van der Waals surface area contributed by atoms with Crippen LogP contribution in [0.5, 0.6) is 5.75 Å². The van der Waals surface area contributed by atoms with Crippen LogP contribution in [-0.2, 0) is 14.6 Å². The molecule has 1 rings (SSSR count). The molecular formula is C11H18N2O5S. The average molecular weight is 290 g/mol. The maximum atomic E-state index is 9.33. The smallest absolute Gasteiger partial charge is 0.397 e. The largest absolute Gasteiger partial charge is 0.493 e. The molecule has 0 aliphatic rings. The van der Waals surface area contributed by atoms with Crippen LogP contribution in [0.25, 0.3) is 0 Å². The van der Waals surface area contributed by atoms with E-state index in [2.05, 4.69) is 4.18 Å². The molecule has 0 spiro atoms. The summed E-state index contributed by atoms with van der Waals surface area (Å²) in [5.74, 6) is 0.739. The number of benzene rings is 1. The summed E-state index contributed by atoms with van der Waals surface area (Å²) in [4.78, 5) is 0. The van der Waals surface area contributed by atoms with E-state index in [1.54, 1.807) is 6.07 Å². The Balaban J connectivity index is 0.000000459. The molecule has 0 fully saturated rings. The van der Waals surface area contributed by atoms with Gasteiger partial charge in [-0.2, -0.15) is 8.42 Å². The number of nitrogens with one attached hydrogen (secondary N) is 1. The Morgan fingerprint density at radius 2 is 1.95 bits per heavy atom. The summed E-state index contributed by atoms with van der Waals surface area (Å²) >= 11 is 0. The molecule has 1 aromatic carbocycles. The first kappa shape index (κ1) is 17.4. The standard InChI is InChI=1S/C10H14N2O.CH4O4S/c1-2-7-13-9-6-4-3-5-8(9)10(11)12;1-5-6(2,3)4/h3-6H,2,7H2,1H3,(H3,11,12);1H3,(H,2,3,4). The highest BCUT2D eigenvalue weighted by atomic mass is 32.3. The highest BCUT2D eigenvalue weighted by molar-refractivity contribution is 7.80. The van der Waals surface area contributed by atoms with E-state index in [1.165, 1.54) is 0 Å². The van der Waals surface area contributed by atoms with Crippen molar-refractivity contribution >= 4 is 16.2 Å². The van der Waals surface area contributed by atoms with Crippen LogP contribution in [0.15, 0.2) is 24.3 Å². The third-order valence-corrected chi connectivity index (χ3v) is 2.27. The lowest BCUT2D eigenvalue weighted by Gasteiger charge is -2.08. The Bertz CT molecular complexity index is 502. The second-order valence-corrected chi connectivity index (χ2v) is 4.54. The molecule has 0 bridgehead atoms. The minimum absolute atomic E-state index is 0.0479. The zero-order valence-electron chi connectivity index (χ0n) is 10.8. The van der Waals surface area contributed by atoms with Gasteiger partial charge < -0.3 is 10.5 Å². The van der Waals surface area contributed by atoms with Gasteiger partial charge in [-0.05, 0) is 18.6 Å². The van der Waals surface area contributed by atoms with E-state index in [0.717, 1.165) is 13.5 Å². The second-order valence-electron chi connectivity index (χ2n) is 3.35. The van der Waals surface area contributed by atoms with Gasteiger partial charge in [-0.3, -0.25) is 14.1 Å². The lowest BCUT2D eigenvalue weighted by Crippen LogP contribution is -2.13. The van der Waals surface area contributed by atoms with Gasteiger partial charge in [0.15, 0.2) is 0 Å². The van der Waals surface area contributed by atoms with Crippen LogP contribution in [0, 0.1) is 5.41 Å². The molecule has 0 atom stereocenters. The Kier molecular flexibility index (Phi) is 7.73. The van der Waals surface area contributed by atoms with Crippen LogP contribution >= 0.6 is 0 Å². The van der Waals surface area contributed by atoms with E-state index in [4.69, 9.17) is 20.4 Å². The van der Waals surface area contributed by atoms with Crippen molar-refractivity contribution in [1.29, 1.82) is 5.41 Å². The van der Waals surface area contributed by atoms with Crippen molar-refractivity contribution in [2.75, 3.05) is 13.7 Å². The number of para-hydroxylation sites is 1. The van der Waals surface area contributed by atoms with E-state index in [-0.39, 0.29) is 5.84 Å². The third-order valence-electron chi connectivity index (χ3n) is 1.85. The summed E-state index contributed by atoms with van der Waals surface area (Å²) in [5, 5.41) is 7.31. The van der Waals surface area contributed by atoms with Crippen molar-refractivity contribution < 1.29 is 21.9 Å². The van der Waals surface area contributed by atoms with Crippen LogP contribution < -0.4 is 10.5 Å². The first-order valence-electron chi connectivity index (χ1n) is 5.41. The van der Waals surface area contributed by atoms with Crippen molar-refractivity contribution in [3.8, 4) is 5.75 Å². The van der Waals surface area contributed by atoms with Crippen LogP contribution in [-0.4, -0.2) is 32.5 Å². The van der Waals surface area contributed by atoms with Crippen molar-refractivity contribution in [3.05, 3.63) is 29.8 Å². The van der Waals surface area contributed by atoms with Gasteiger partial charge in [-0.15, -0.1) is 0 Å². The van der Waals surface area contributed by atoms with Crippen LogP contribution in [0.1, 0.15) is 18.9 Å². The minimum Gasteiger partial charge on any atom is -0.493 e. The fourth-order valence-electron chi connectivity index (χ4n) is 1.03. The molecule has 0 aliphatic carbocycles. The number of rotatable bonds is 5. The van der Waals surface area contributed by atoms with E-state index in [9.17, 15) is 8.42 Å². The molecule has 0 unspecified atom stereocenters. The molecule has 0 heterocycles. The summed E-state index contributed by atoms with van der Waals surface area (Å²) in [5.41, 5.74) is 6.05. The SMILES string of the molecule is CCCOc1ccccc1C(=N)N.COS(=O)(=O)O. The van der Waals surface area contributed by atoms with Gasteiger partial charge in [0.25, 0.3) is 0 Å². The normalized spacial score (nSPS) is 10.3. The molecule has 7 nitrogen and oxygen atoms in total. The van der Waals surface area contributed by atoms with Crippen LogP contribution in [0.4, 0.5) is 0 Å². The van der Waals surface area contributed by atoms with Crippen molar-refractivity contribution in [1.82, 2.24) is 0 Å². The highest BCUT2D eigenvalue weighted by Gasteiger charge is 2.03. The molecular weight excluding hydrogens is 272 g/mol. The van der Waals surface area contributed by atoms with Crippen molar-refractivity contribution in [2.45, 2.75) is 13.3 Å². The van der Waals surface area contributed by atoms with Gasteiger partial charge in [-0.25, -0.2) is 0 Å². The predicted octanol–water partition coefficient (Wildman–Crippen LogP) is 1.20. The molecule has 0 radical (unpaired) electrons. The Labute approximate surface area is 112 Å². The monoisotopic (exact) mass is 290 g/mol. The molecule has 19 heavy (non-hydrogen) atoms. The highest BCUT2D eigenvalue weighted by Crippen LogP contribution is 2.16. The Hall–Kier alpha value is -1.64. The minimum atomic E-state index is -4.16. The number of amidine groups is 1. The Morgan fingerprint density at radius 3 is 2.37 bits per heavy atom. The summed E-state index contributed by atoms with van der Waals surface area (Å²) in [7, 11) is -3.29. The molecule has 108 valence electrons. The average Bonchev–Trinajstić information content (AvgIpc) is 2.36. The van der Waals surface area contributed by atoms with E-state index >= 15 is 0 Å². The fourth-order valence-corrected chi connectivity index (χ4v) is 1.03. The summed E-state index contributed by atoms with van der Waals surface area (Å²) < 4.78 is 35.1. The second kappa shape index (κ2) is 8.46. The topological polar surface area (TPSA) is 123 Å². The molecule has 8 heteroatoms. The first-order valence-corrected chi connectivity index (χ1v) is 6.77. The molecule has 0 aliphatic heterocycles. The van der Waals surface area contributed by atoms with Crippen molar-refractivity contribution in [2.24, 2.45) is 5.73 Å². The van der Waals surface area contributed by atoms with E-state index in [0.29, 0.717) is 17.9 Å². The van der Waals surface area contributed by atoms with E-state index in [1.807, 2.05) is 25.1 Å². The number of ether oxygens (including phenoxy) is 1. The van der Waals surface area contributed by atoms with Crippen LogP contribution in [0.3, 0.4) is 0 Å². The lowest BCUT2D eigenvalue weighted by atomic mass is 10.2. The molecule has 0 saturated carbocycles. The van der Waals surface area contributed by atoms with Gasteiger partial charge >= 0.3 is 10.4 Å². The predicted molar refractivity (Wildman–Crippen MR) is 71.8 cm³/mol. The Morgan fingerprint density at radius 1 is 1.42 bits per heavy atom. The van der Waals surface area contributed by atoms with Crippen LogP contribution in [0.2, 0.25) is 0 Å². The lowest BCUT2D eigenvalue weighted by molar-refractivity contribution is 0.317. The molecule has 1 aromatic rings. The molecule has 0 aromatic heterocycles. The van der Waals surface area contributed by atoms with Crippen molar-refractivity contribution in [3.63, 3.8) is 0 Å². The van der Waals surface area contributed by atoms with Gasteiger partial charge in [0.05, 0.1) is 19.3 Å². The first-order chi connectivity index (χ1) is 8.81. The third kappa shape index (κ3) is 8.14. The molecule has 4 N–H and O–H groups in total. The zero-order chi connectivity index (χ0) is 14.9. The number of hydrogen-bond acceptors (Lipinski definition) is 5. The summed E-state index contributed by atoms with van der Waals surface area (Å²) in [6.07, 6.45) is 0.951. The maximum Gasteiger partial charge on any atom is 0.397 e. The quantitative estimate of drug-likeness (QED) is 0.425. The van der Waals surface area contributed by atoms with E-state index < -0.39 is 10.4 Å².